The van der Waals surface area contributed by atoms with Crippen LogP contribution in [0.5, 0.6) is 0 Å². The average molecular weight is 437 g/mol. The molecule has 6 heteroatoms. The Morgan fingerprint density at radius 2 is 1.91 bits per heavy atom. The van der Waals surface area contributed by atoms with E-state index in [4.69, 9.17) is 4.74 Å². The lowest BCUT2D eigenvalue weighted by Gasteiger charge is -2.24. The maximum absolute atomic E-state index is 12.2. The normalized spacial score (nSPS) is 22.9. The molecule has 0 radical (unpaired) electrons. The molecule has 1 atom stereocenters. The van der Waals surface area contributed by atoms with Crippen LogP contribution in [0.1, 0.15) is 52.9 Å². The molecule has 1 heterocycles. The van der Waals surface area contributed by atoms with E-state index in [1.807, 2.05) is 27.8 Å². The van der Waals surface area contributed by atoms with Gasteiger partial charge in [-0.15, -0.1) is 24.0 Å². The minimum atomic E-state index is -0.410. The summed E-state index contributed by atoms with van der Waals surface area (Å²) < 4.78 is 5.50. The highest BCUT2D eigenvalue weighted by atomic mass is 127. The van der Waals surface area contributed by atoms with E-state index in [1.54, 1.807) is 0 Å². The first-order valence-corrected chi connectivity index (χ1v) is 8.57. The summed E-state index contributed by atoms with van der Waals surface area (Å²) in [4.78, 5) is 18.7. The van der Waals surface area contributed by atoms with Gasteiger partial charge in [-0.3, -0.25) is 9.79 Å². The van der Waals surface area contributed by atoms with Crippen molar-refractivity contribution in [1.29, 1.82) is 0 Å². The summed E-state index contributed by atoms with van der Waals surface area (Å²) in [5, 5.41) is 3.48. The van der Waals surface area contributed by atoms with E-state index in [2.05, 4.69) is 15.2 Å². The van der Waals surface area contributed by atoms with Gasteiger partial charge in [-0.25, -0.2) is 0 Å². The number of nitrogens with zero attached hydrogens (tertiary/aromatic N) is 2. The fourth-order valence-electron chi connectivity index (χ4n) is 3.31. The minimum absolute atomic E-state index is 0. The Labute approximate surface area is 157 Å². The van der Waals surface area contributed by atoms with E-state index in [0.29, 0.717) is 6.54 Å². The summed E-state index contributed by atoms with van der Waals surface area (Å²) >= 11 is 0. The molecule has 0 spiro atoms. The molecule has 0 aromatic rings. The molecule has 1 unspecified atom stereocenters. The van der Waals surface area contributed by atoms with Crippen molar-refractivity contribution in [3.05, 3.63) is 0 Å². The fourth-order valence-corrected chi connectivity index (χ4v) is 3.31. The Morgan fingerprint density at radius 3 is 2.48 bits per heavy atom. The highest BCUT2D eigenvalue weighted by molar-refractivity contribution is 14.0. The predicted molar refractivity (Wildman–Crippen MR) is 104 cm³/mol. The Bertz CT molecular complexity index is 415. The summed E-state index contributed by atoms with van der Waals surface area (Å²) in [6.07, 6.45) is 6.21. The van der Waals surface area contributed by atoms with E-state index in [-0.39, 0.29) is 35.9 Å². The van der Waals surface area contributed by atoms with Gasteiger partial charge in [0.15, 0.2) is 5.96 Å². The molecule has 134 valence electrons. The lowest BCUT2D eigenvalue weighted by atomic mass is 10.1. The van der Waals surface area contributed by atoms with Crippen molar-refractivity contribution >= 4 is 35.9 Å². The fraction of sp³-hybridized carbons (Fsp3) is 0.882. The Kier molecular flexibility index (Phi) is 8.10. The largest absolute Gasteiger partial charge is 0.460 e. The molecule has 0 aromatic heterocycles. The number of hydrogen-bond donors (Lipinski definition) is 1. The lowest BCUT2D eigenvalue weighted by Crippen LogP contribution is -2.42. The van der Waals surface area contributed by atoms with E-state index in [0.717, 1.165) is 31.4 Å². The number of likely N-dealkylation sites (tertiary alicyclic amines) is 1. The SMILES string of the molecule is CN=C(NCC1CCCC1)N1CCC(C(=O)OC(C)(C)C)C1.I. The number of ether oxygens (including phenoxy) is 1. The monoisotopic (exact) mass is 437 g/mol. The smallest absolute Gasteiger partial charge is 0.311 e. The van der Waals surface area contributed by atoms with E-state index in [1.165, 1.54) is 25.7 Å². The lowest BCUT2D eigenvalue weighted by molar-refractivity contribution is -0.159. The Hall–Kier alpha value is -0.530. The number of guanidine groups is 1. The average Bonchev–Trinajstić information content (AvgIpc) is 3.08. The maximum atomic E-state index is 12.2. The van der Waals surface area contributed by atoms with Crippen molar-refractivity contribution in [3.8, 4) is 0 Å². The van der Waals surface area contributed by atoms with Crippen LogP contribution in [0.15, 0.2) is 4.99 Å². The molecule has 5 nitrogen and oxygen atoms in total. The minimum Gasteiger partial charge on any atom is -0.460 e. The second kappa shape index (κ2) is 9.08. The summed E-state index contributed by atoms with van der Waals surface area (Å²) in [6.45, 7) is 8.33. The van der Waals surface area contributed by atoms with Crippen LogP contribution in [0.4, 0.5) is 0 Å². The van der Waals surface area contributed by atoms with Crippen LogP contribution in [-0.2, 0) is 9.53 Å². The molecular weight excluding hydrogens is 405 g/mol. The van der Waals surface area contributed by atoms with Crippen LogP contribution in [-0.4, -0.2) is 49.1 Å². The van der Waals surface area contributed by atoms with Crippen molar-refractivity contribution < 1.29 is 9.53 Å². The van der Waals surface area contributed by atoms with Crippen LogP contribution in [0.3, 0.4) is 0 Å². The van der Waals surface area contributed by atoms with Gasteiger partial charge in [0.25, 0.3) is 0 Å². The number of nitrogens with one attached hydrogen (secondary N) is 1. The molecule has 2 aliphatic rings. The molecule has 1 saturated heterocycles. The number of aliphatic imine (C=N–C) groups is 1. The van der Waals surface area contributed by atoms with Crippen molar-refractivity contribution in [3.63, 3.8) is 0 Å². The number of esters is 1. The Balaban J connectivity index is 0.00000264. The van der Waals surface area contributed by atoms with Gasteiger partial charge in [0, 0.05) is 26.7 Å². The van der Waals surface area contributed by atoms with Crippen LogP contribution >= 0.6 is 24.0 Å². The van der Waals surface area contributed by atoms with Crippen molar-refractivity contribution in [2.45, 2.75) is 58.5 Å². The predicted octanol–water partition coefficient (Wildman–Crippen LogP) is 3.03. The van der Waals surface area contributed by atoms with Crippen LogP contribution in [0.2, 0.25) is 0 Å². The van der Waals surface area contributed by atoms with Gasteiger partial charge in [-0.2, -0.15) is 0 Å². The Morgan fingerprint density at radius 1 is 1.26 bits per heavy atom. The van der Waals surface area contributed by atoms with Gasteiger partial charge in [-0.05, 0) is 46.0 Å². The molecule has 0 amide bonds. The molecule has 2 fully saturated rings. The topological polar surface area (TPSA) is 53.9 Å². The second-order valence-corrected chi connectivity index (χ2v) is 7.54. The second-order valence-electron chi connectivity index (χ2n) is 7.54. The zero-order valence-corrected chi connectivity index (χ0v) is 17.3. The van der Waals surface area contributed by atoms with Gasteiger partial charge in [0.2, 0.25) is 0 Å². The van der Waals surface area contributed by atoms with Gasteiger partial charge in [-0.1, -0.05) is 12.8 Å². The third-order valence-corrected chi connectivity index (χ3v) is 4.46. The van der Waals surface area contributed by atoms with Gasteiger partial charge in [0.05, 0.1) is 5.92 Å². The third kappa shape index (κ3) is 6.47. The van der Waals surface area contributed by atoms with Gasteiger partial charge < -0.3 is 15.0 Å². The zero-order chi connectivity index (χ0) is 16.2. The molecular formula is C17H32IN3O2. The highest BCUT2D eigenvalue weighted by Gasteiger charge is 2.33. The molecule has 1 aliphatic heterocycles. The van der Waals surface area contributed by atoms with Gasteiger partial charge >= 0.3 is 5.97 Å². The first-order valence-electron chi connectivity index (χ1n) is 8.57. The van der Waals surface area contributed by atoms with Crippen LogP contribution < -0.4 is 5.32 Å². The van der Waals surface area contributed by atoms with Crippen molar-refractivity contribution in [1.82, 2.24) is 10.2 Å². The third-order valence-electron chi connectivity index (χ3n) is 4.46. The summed E-state index contributed by atoms with van der Waals surface area (Å²) in [5.41, 5.74) is -0.410. The maximum Gasteiger partial charge on any atom is 0.311 e. The number of carbonyl (C=O) groups is 1. The molecule has 1 saturated carbocycles. The number of carbonyl (C=O) groups excluding carboxylic acids is 1. The summed E-state index contributed by atoms with van der Waals surface area (Å²) in [6, 6.07) is 0. The molecule has 23 heavy (non-hydrogen) atoms. The number of rotatable bonds is 3. The molecule has 0 bridgehead atoms. The van der Waals surface area contributed by atoms with Crippen molar-refractivity contribution in [2.75, 3.05) is 26.7 Å². The molecule has 1 N–H and O–H groups in total. The van der Waals surface area contributed by atoms with E-state index >= 15 is 0 Å². The summed E-state index contributed by atoms with van der Waals surface area (Å²) in [7, 11) is 1.82. The molecule has 2 rings (SSSR count). The van der Waals surface area contributed by atoms with Crippen LogP contribution in [0.25, 0.3) is 0 Å². The first kappa shape index (κ1) is 20.5. The van der Waals surface area contributed by atoms with Gasteiger partial charge in [0.1, 0.15) is 5.60 Å². The summed E-state index contributed by atoms with van der Waals surface area (Å²) in [5.74, 6) is 1.59. The standard InChI is InChI=1S/C17H31N3O2.HI/c1-17(2,3)22-15(21)14-9-10-20(12-14)16(18-4)19-11-13-7-5-6-8-13;/h13-14H,5-12H2,1-4H3,(H,18,19);1H. The van der Waals surface area contributed by atoms with Crippen LogP contribution in [0, 0.1) is 11.8 Å². The number of hydrogen-bond acceptors (Lipinski definition) is 3. The molecule has 0 aromatic carbocycles. The van der Waals surface area contributed by atoms with E-state index in [9.17, 15) is 4.79 Å². The first-order chi connectivity index (χ1) is 10.4. The quantitative estimate of drug-likeness (QED) is 0.319. The van der Waals surface area contributed by atoms with Crippen molar-refractivity contribution in [2.24, 2.45) is 16.8 Å². The molecule has 1 aliphatic carbocycles. The zero-order valence-electron chi connectivity index (χ0n) is 14.9. The van der Waals surface area contributed by atoms with E-state index < -0.39 is 5.60 Å². The highest BCUT2D eigenvalue weighted by Crippen LogP contribution is 2.24. The number of halogens is 1.